The number of piperidine rings is 1. The van der Waals surface area contributed by atoms with Gasteiger partial charge in [-0.2, -0.15) is 0 Å². The first-order chi connectivity index (χ1) is 7.66. The van der Waals surface area contributed by atoms with E-state index in [9.17, 15) is 4.79 Å². The first kappa shape index (κ1) is 11.7. The highest BCUT2D eigenvalue weighted by Gasteiger charge is 2.26. The van der Waals surface area contributed by atoms with Crippen LogP contribution in [-0.4, -0.2) is 73.1 Å². The SMILES string of the molecule is CN1CCN(C(=O)N2CCC(N)CC2)CC1. The van der Waals surface area contributed by atoms with Crippen LogP contribution in [0.5, 0.6) is 0 Å². The van der Waals surface area contributed by atoms with E-state index in [0.717, 1.165) is 52.1 Å². The number of urea groups is 1. The molecule has 0 unspecified atom stereocenters. The molecule has 2 saturated heterocycles. The quantitative estimate of drug-likeness (QED) is 0.621. The van der Waals surface area contributed by atoms with Crippen molar-refractivity contribution in [2.75, 3.05) is 46.3 Å². The van der Waals surface area contributed by atoms with Gasteiger partial charge in [0.1, 0.15) is 0 Å². The van der Waals surface area contributed by atoms with Crippen molar-refractivity contribution in [3.05, 3.63) is 0 Å². The third-order valence-electron chi connectivity index (χ3n) is 3.58. The van der Waals surface area contributed by atoms with Crippen LogP contribution in [0.25, 0.3) is 0 Å². The van der Waals surface area contributed by atoms with Gasteiger partial charge in [-0.1, -0.05) is 0 Å². The number of carbonyl (C=O) groups excluding carboxylic acids is 1. The van der Waals surface area contributed by atoms with Crippen molar-refractivity contribution in [2.45, 2.75) is 18.9 Å². The van der Waals surface area contributed by atoms with Gasteiger partial charge in [0, 0.05) is 45.3 Å². The summed E-state index contributed by atoms with van der Waals surface area (Å²) in [4.78, 5) is 18.3. The maximum atomic E-state index is 12.2. The molecule has 2 aliphatic rings. The van der Waals surface area contributed by atoms with Crippen molar-refractivity contribution in [3.63, 3.8) is 0 Å². The Morgan fingerprint density at radius 2 is 1.50 bits per heavy atom. The normalized spacial score (nSPS) is 24.9. The first-order valence-electron chi connectivity index (χ1n) is 6.15. The van der Waals surface area contributed by atoms with Gasteiger partial charge in [-0.3, -0.25) is 0 Å². The predicted molar refractivity (Wildman–Crippen MR) is 63.2 cm³/mol. The lowest BCUT2D eigenvalue weighted by Gasteiger charge is -2.38. The van der Waals surface area contributed by atoms with E-state index in [1.807, 2.05) is 9.80 Å². The van der Waals surface area contributed by atoms with Crippen LogP contribution in [-0.2, 0) is 0 Å². The molecule has 0 aliphatic carbocycles. The topological polar surface area (TPSA) is 52.8 Å². The first-order valence-corrected chi connectivity index (χ1v) is 6.15. The number of likely N-dealkylation sites (tertiary alicyclic amines) is 1. The molecule has 0 bridgehead atoms. The summed E-state index contributed by atoms with van der Waals surface area (Å²) in [5.41, 5.74) is 5.84. The molecular formula is C11H22N4O. The Kier molecular flexibility index (Phi) is 3.66. The highest BCUT2D eigenvalue weighted by Crippen LogP contribution is 2.12. The predicted octanol–water partition coefficient (Wildman–Crippen LogP) is -0.223. The van der Waals surface area contributed by atoms with Gasteiger partial charge in [-0.25, -0.2) is 4.79 Å². The van der Waals surface area contributed by atoms with Gasteiger partial charge in [0.25, 0.3) is 0 Å². The van der Waals surface area contributed by atoms with Crippen LogP contribution in [0.4, 0.5) is 4.79 Å². The number of hydrogen-bond acceptors (Lipinski definition) is 3. The molecule has 2 fully saturated rings. The van der Waals surface area contributed by atoms with Gasteiger partial charge < -0.3 is 20.4 Å². The van der Waals surface area contributed by atoms with Crippen LogP contribution in [0.2, 0.25) is 0 Å². The Morgan fingerprint density at radius 1 is 1.00 bits per heavy atom. The summed E-state index contributed by atoms with van der Waals surface area (Å²) in [6.45, 7) is 5.34. The fourth-order valence-electron chi connectivity index (χ4n) is 2.29. The monoisotopic (exact) mass is 226 g/mol. The molecule has 5 nitrogen and oxygen atoms in total. The smallest absolute Gasteiger partial charge is 0.320 e. The molecule has 5 heteroatoms. The van der Waals surface area contributed by atoms with E-state index in [1.54, 1.807) is 0 Å². The summed E-state index contributed by atoms with van der Waals surface area (Å²) in [5, 5.41) is 0. The summed E-state index contributed by atoms with van der Waals surface area (Å²) in [6, 6.07) is 0.497. The molecule has 2 rings (SSSR count). The Morgan fingerprint density at radius 3 is 2.06 bits per heavy atom. The maximum absolute atomic E-state index is 12.2. The number of piperazine rings is 1. The van der Waals surface area contributed by atoms with Crippen LogP contribution in [0, 0.1) is 0 Å². The Labute approximate surface area is 97.2 Å². The van der Waals surface area contributed by atoms with E-state index >= 15 is 0 Å². The molecule has 0 aromatic heterocycles. The number of rotatable bonds is 0. The molecule has 2 N–H and O–H groups in total. The number of carbonyl (C=O) groups is 1. The van der Waals surface area contributed by atoms with Crippen LogP contribution >= 0.6 is 0 Å². The molecule has 0 aromatic carbocycles. The van der Waals surface area contributed by atoms with Gasteiger partial charge >= 0.3 is 6.03 Å². The van der Waals surface area contributed by atoms with Gasteiger partial charge in [-0.05, 0) is 19.9 Å². The number of amides is 2. The molecule has 2 amide bonds. The fourth-order valence-corrected chi connectivity index (χ4v) is 2.29. The van der Waals surface area contributed by atoms with Gasteiger partial charge in [0.2, 0.25) is 0 Å². The number of hydrogen-bond donors (Lipinski definition) is 1. The van der Waals surface area contributed by atoms with Crippen LogP contribution in [0.15, 0.2) is 0 Å². The highest BCUT2D eigenvalue weighted by molar-refractivity contribution is 5.74. The summed E-state index contributed by atoms with van der Waals surface area (Å²) < 4.78 is 0. The molecular weight excluding hydrogens is 204 g/mol. The second kappa shape index (κ2) is 5.01. The van der Waals surface area contributed by atoms with Crippen molar-refractivity contribution in [1.29, 1.82) is 0 Å². The van der Waals surface area contributed by atoms with Crippen molar-refractivity contribution < 1.29 is 4.79 Å². The molecule has 0 saturated carbocycles. The Bertz CT molecular complexity index is 218. The molecule has 2 heterocycles. The Hall–Kier alpha value is -0.810. The molecule has 0 spiro atoms. The van der Waals surface area contributed by atoms with Crippen molar-refractivity contribution in [3.8, 4) is 0 Å². The zero-order valence-corrected chi connectivity index (χ0v) is 10.1. The van der Waals surface area contributed by atoms with E-state index in [0.29, 0.717) is 0 Å². The largest absolute Gasteiger partial charge is 0.328 e. The van der Waals surface area contributed by atoms with Gasteiger partial charge in [0.15, 0.2) is 0 Å². The number of likely N-dealkylation sites (N-methyl/N-ethyl adjacent to an activating group) is 1. The van der Waals surface area contributed by atoms with Crippen LogP contribution in [0.1, 0.15) is 12.8 Å². The minimum Gasteiger partial charge on any atom is -0.328 e. The lowest BCUT2D eigenvalue weighted by Crippen LogP contribution is -2.54. The van der Waals surface area contributed by atoms with Crippen LogP contribution < -0.4 is 5.73 Å². The third-order valence-corrected chi connectivity index (χ3v) is 3.58. The van der Waals surface area contributed by atoms with Crippen molar-refractivity contribution in [1.82, 2.24) is 14.7 Å². The maximum Gasteiger partial charge on any atom is 0.320 e. The zero-order chi connectivity index (χ0) is 11.5. The molecule has 0 aromatic rings. The highest BCUT2D eigenvalue weighted by atomic mass is 16.2. The van der Waals surface area contributed by atoms with E-state index in [1.165, 1.54) is 0 Å². The fraction of sp³-hybridized carbons (Fsp3) is 0.909. The molecule has 2 aliphatic heterocycles. The van der Waals surface area contributed by atoms with Gasteiger partial charge in [0.05, 0.1) is 0 Å². The summed E-state index contributed by atoms with van der Waals surface area (Å²) in [6.07, 6.45) is 1.89. The standard InChI is InChI=1S/C11H22N4O/c1-13-6-8-15(9-7-13)11(16)14-4-2-10(12)3-5-14/h10H,2-9,12H2,1H3. The lowest BCUT2D eigenvalue weighted by molar-refractivity contribution is 0.114. The minimum absolute atomic E-state index is 0.208. The van der Waals surface area contributed by atoms with Gasteiger partial charge in [-0.15, -0.1) is 0 Å². The number of nitrogens with two attached hydrogens (primary N) is 1. The zero-order valence-electron chi connectivity index (χ0n) is 10.1. The molecule has 16 heavy (non-hydrogen) atoms. The van der Waals surface area contributed by atoms with E-state index in [-0.39, 0.29) is 12.1 Å². The van der Waals surface area contributed by atoms with E-state index in [2.05, 4.69) is 11.9 Å². The minimum atomic E-state index is 0.208. The molecule has 0 atom stereocenters. The van der Waals surface area contributed by atoms with Crippen molar-refractivity contribution in [2.24, 2.45) is 5.73 Å². The van der Waals surface area contributed by atoms with E-state index < -0.39 is 0 Å². The lowest BCUT2D eigenvalue weighted by atomic mass is 10.1. The Balaban J connectivity index is 1.83. The average Bonchev–Trinajstić information content (AvgIpc) is 2.30. The average molecular weight is 226 g/mol. The third kappa shape index (κ3) is 2.65. The molecule has 92 valence electrons. The van der Waals surface area contributed by atoms with Crippen LogP contribution in [0.3, 0.4) is 0 Å². The number of nitrogens with zero attached hydrogens (tertiary/aromatic N) is 3. The van der Waals surface area contributed by atoms with E-state index in [4.69, 9.17) is 5.73 Å². The second-order valence-corrected chi connectivity index (χ2v) is 4.90. The summed E-state index contributed by atoms with van der Waals surface area (Å²) >= 11 is 0. The second-order valence-electron chi connectivity index (χ2n) is 4.90. The summed E-state index contributed by atoms with van der Waals surface area (Å²) in [7, 11) is 2.10. The van der Waals surface area contributed by atoms with Crippen molar-refractivity contribution >= 4 is 6.03 Å². The molecule has 0 radical (unpaired) electrons. The summed E-state index contributed by atoms with van der Waals surface area (Å²) in [5.74, 6) is 0.